The molecule has 2 rings (SSSR count). The first-order valence-corrected chi connectivity index (χ1v) is 6.36. The van der Waals surface area contributed by atoms with Crippen molar-refractivity contribution in [1.29, 1.82) is 0 Å². The van der Waals surface area contributed by atoms with Gasteiger partial charge < -0.3 is 9.84 Å². The fraction of sp³-hybridized carbons (Fsp3) is 0.636. The molecule has 0 radical (unpaired) electrons. The normalized spacial score (nSPS) is 22.0. The topological polar surface area (TPSA) is 50.4 Å². The Morgan fingerprint density at radius 1 is 1.50 bits per heavy atom. The first-order valence-electron chi connectivity index (χ1n) is 5.48. The van der Waals surface area contributed by atoms with Crippen LogP contribution in [0.15, 0.2) is 9.52 Å². The maximum absolute atomic E-state index is 5.17. The number of aromatic nitrogens is 1. The summed E-state index contributed by atoms with van der Waals surface area (Å²) in [7, 11) is 0. The van der Waals surface area contributed by atoms with E-state index in [0.717, 1.165) is 28.7 Å². The van der Waals surface area contributed by atoms with E-state index in [9.17, 15) is 0 Å². The van der Waals surface area contributed by atoms with Gasteiger partial charge in [-0.1, -0.05) is 23.8 Å². The van der Waals surface area contributed by atoms with Crippen LogP contribution in [0.3, 0.4) is 0 Å². The van der Waals surface area contributed by atoms with Crippen LogP contribution in [-0.2, 0) is 0 Å². The summed E-state index contributed by atoms with van der Waals surface area (Å²) in [6, 6.07) is 0.197. The van der Waals surface area contributed by atoms with Crippen molar-refractivity contribution in [2.24, 2.45) is 4.99 Å². The number of hydrogen-bond donors (Lipinski definition) is 1. The average Bonchev–Trinajstić information content (AvgIpc) is 2.74. The molecule has 16 heavy (non-hydrogen) atoms. The molecule has 5 heteroatoms. The number of amidine groups is 1. The van der Waals surface area contributed by atoms with Crippen LogP contribution in [0.25, 0.3) is 0 Å². The zero-order valence-electron chi connectivity index (χ0n) is 10.1. The van der Waals surface area contributed by atoms with E-state index in [4.69, 9.17) is 4.52 Å². The molecule has 0 saturated heterocycles. The van der Waals surface area contributed by atoms with Crippen molar-refractivity contribution in [1.82, 2.24) is 10.5 Å². The molecule has 1 aromatic heterocycles. The molecule has 1 N–H and O–H groups in total. The molecule has 4 nitrogen and oxygen atoms in total. The second-order valence-electron chi connectivity index (χ2n) is 4.18. The van der Waals surface area contributed by atoms with Crippen LogP contribution < -0.4 is 5.32 Å². The van der Waals surface area contributed by atoms with Crippen LogP contribution in [0.1, 0.15) is 36.9 Å². The first kappa shape index (κ1) is 11.5. The number of nitrogens with zero attached hydrogens (tertiary/aromatic N) is 2. The van der Waals surface area contributed by atoms with E-state index in [-0.39, 0.29) is 6.04 Å². The molecule has 2 unspecified atom stereocenters. The number of rotatable bonds is 2. The van der Waals surface area contributed by atoms with Gasteiger partial charge in [0.05, 0.1) is 18.3 Å². The number of hydrogen-bond acceptors (Lipinski definition) is 5. The van der Waals surface area contributed by atoms with Crippen molar-refractivity contribution < 1.29 is 4.52 Å². The van der Waals surface area contributed by atoms with E-state index in [2.05, 4.69) is 29.3 Å². The third kappa shape index (κ3) is 2.24. The highest BCUT2D eigenvalue weighted by Gasteiger charge is 2.21. The quantitative estimate of drug-likeness (QED) is 0.861. The van der Waals surface area contributed by atoms with Gasteiger partial charge in [0.25, 0.3) is 0 Å². The molecule has 2 atom stereocenters. The van der Waals surface area contributed by atoms with Crippen molar-refractivity contribution >= 4 is 16.9 Å². The summed E-state index contributed by atoms with van der Waals surface area (Å²) in [6.45, 7) is 9.11. The van der Waals surface area contributed by atoms with Crippen LogP contribution in [0.5, 0.6) is 0 Å². The van der Waals surface area contributed by atoms with Crippen LogP contribution in [0, 0.1) is 13.8 Å². The molecule has 0 aliphatic carbocycles. The largest absolute Gasteiger partial charge is 0.361 e. The Morgan fingerprint density at radius 2 is 2.25 bits per heavy atom. The summed E-state index contributed by atoms with van der Waals surface area (Å²) in [5, 5.41) is 8.98. The van der Waals surface area contributed by atoms with Gasteiger partial charge in [-0.05, 0) is 20.8 Å². The second-order valence-corrected chi connectivity index (χ2v) is 5.61. The molecule has 1 aliphatic heterocycles. The lowest BCUT2D eigenvalue weighted by molar-refractivity contribution is 0.391. The van der Waals surface area contributed by atoms with Gasteiger partial charge in [0.2, 0.25) is 0 Å². The van der Waals surface area contributed by atoms with Gasteiger partial charge in [0.15, 0.2) is 5.17 Å². The molecule has 2 heterocycles. The number of thioether (sulfide) groups is 1. The van der Waals surface area contributed by atoms with Crippen molar-refractivity contribution in [3.05, 3.63) is 17.0 Å². The van der Waals surface area contributed by atoms with Gasteiger partial charge >= 0.3 is 0 Å². The lowest BCUT2D eigenvalue weighted by Crippen LogP contribution is -2.24. The molecule has 0 bridgehead atoms. The standard InChI is InChI=1S/C11H17N3OS/c1-6-5-12-11(16-6)13-7(2)10-8(3)14-15-9(10)4/h6-7H,5H2,1-4H3,(H,12,13). The summed E-state index contributed by atoms with van der Waals surface area (Å²) < 4.78 is 5.17. The van der Waals surface area contributed by atoms with Gasteiger partial charge in [0, 0.05) is 10.8 Å². The Kier molecular flexibility index (Phi) is 3.23. The summed E-state index contributed by atoms with van der Waals surface area (Å²) >= 11 is 1.79. The second kappa shape index (κ2) is 4.49. The molecule has 0 aromatic carbocycles. The van der Waals surface area contributed by atoms with E-state index in [1.165, 1.54) is 0 Å². The van der Waals surface area contributed by atoms with Gasteiger partial charge in [-0.15, -0.1) is 0 Å². The Morgan fingerprint density at radius 3 is 2.75 bits per heavy atom. The van der Waals surface area contributed by atoms with E-state index in [1.807, 2.05) is 13.8 Å². The minimum absolute atomic E-state index is 0.197. The minimum atomic E-state index is 0.197. The summed E-state index contributed by atoms with van der Waals surface area (Å²) in [5.74, 6) is 0.883. The summed E-state index contributed by atoms with van der Waals surface area (Å²) in [5.41, 5.74) is 2.09. The highest BCUT2D eigenvalue weighted by Crippen LogP contribution is 2.24. The predicted octanol–water partition coefficient (Wildman–Crippen LogP) is 2.43. The fourth-order valence-corrected chi connectivity index (χ4v) is 2.85. The Bertz CT molecular complexity index is 394. The molecule has 0 fully saturated rings. The van der Waals surface area contributed by atoms with Crippen LogP contribution in [-0.4, -0.2) is 22.1 Å². The molecular formula is C11H17N3OS. The predicted molar refractivity (Wildman–Crippen MR) is 66.9 cm³/mol. The van der Waals surface area contributed by atoms with Gasteiger partial charge in [-0.25, -0.2) is 0 Å². The molecule has 0 saturated carbocycles. The molecule has 88 valence electrons. The van der Waals surface area contributed by atoms with Gasteiger partial charge in [0.1, 0.15) is 5.76 Å². The van der Waals surface area contributed by atoms with Crippen LogP contribution in [0.2, 0.25) is 0 Å². The minimum Gasteiger partial charge on any atom is -0.361 e. The van der Waals surface area contributed by atoms with Crippen molar-refractivity contribution in [2.45, 2.75) is 39.0 Å². The lowest BCUT2D eigenvalue weighted by Gasteiger charge is -2.14. The zero-order chi connectivity index (χ0) is 11.7. The average molecular weight is 239 g/mol. The smallest absolute Gasteiger partial charge is 0.157 e. The highest BCUT2D eigenvalue weighted by atomic mass is 32.2. The third-order valence-electron chi connectivity index (χ3n) is 2.67. The zero-order valence-corrected chi connectivity index (χ0v) is 10.9. The van der Waals surface area contributed by atoms with Crippen molar-refractivity contribution in [3.8, 4) is 0 Å². The monoisotopic (exact) mass is 239 g/mol. The van der Waals surface area contributed by atoms with E-state index >= 15 is 0 Å². The SMILES string of the molecule is Cc1noc(C)c1C(C)NC1=NCC(C)S1. The maximum atomic E-state index is 5.17. The Balaban J connectivity index is 2.06. The van der Waals surface area contributed by atoms with E-state index < -0.39 is 0 Å². The van der Waals surface area contributed by atoms with Crippen LogP contribution in [0.4, 0.5) is 0 Å². The van der Waals surface area contributed by atoms with E-state index in [1.54, 1.807) is 11.8 Å². The third-order valence-corrected chi connectivity index (χ3v) is 3.69. The number of aliphatic imine (C=N–C) groups is 1. The van der Waals surface area contributed by atoms with E-state index in [0.29, 0.717) is 5.25 Å². The molecule has 0 amide bonds. The summed E-state index contributed by atoms with van der Waals surface area (Å²) in [4.78, 5) is 4.44. The molecule has 1 aromatic rings. The van der Waals surface area contributed by atoms with Crippen LogP contribution >= 0.6 is 11.8 Å². The Hall–Kier alpha value is -0.970. The van der Waals surface area contributed by atoms with Gasteiger partial charge in [-0.3, -0.25) is 4.99 Å². The number of aryl methyl sites for hydroxylation is 2. The lowest BCUT2D eigenvalue weighted by atomic mass is 10.1. The van der Waals surface area contributed by atoms with Gasteiger partial charge in [-0.2, -0.15) is 0 Å². The molecule has 1 aliphatic rings. The fourth-order valence-electron chi connectivity index (χ4n) is 1.92. The Labute approximate surface area is 99.9 Å². The van der Waals surface area contributed by atoms with Crippen molar-refractivity contribution in [3.63, 3.8) is 0 Å². The number of nitrogens with one attached hydrogen (secondary N) is 1. The maximum Gasteiger partial charge on any atom is 0.157 e. The molecule has 0 spiro atoms. The summed E-state index contributed by atoms with van der Waals surface area (Å²) in [6.07, 6.45) is 0. The van der Waals surface area contributed by atoms with Crippen molar-refractivity contribution in [2.75, 3.05) is 6.54 Å². The first-order chi connectivity index (χ1) is 7.58. The highest BCUT2D eigenvalue weighted by molar-refractivity contribution is 8.14. The molecular weight excluding hydrogens is 222 g/mol.